The number of aromatic nitrogens is 1. The van der Waals surface area contributed by atoms with Crippen LogP contribution in [-0.2, 0) is 19.8 Å². The van der Waals surface area contributed by atoms with Crippen molar-refractivity contribution in [1.82, 2.24) is 0 Å². The second-order valence-corrected chi connectivity index (χ2v) is 8.39. The zero-order chi connectivity index (χ0) is 20.2. The Morgan fingerprint density at radius 2 is 1.70 bits per heavy atom. The lowest BCUT2D eigenvalue weighted by Gasteiger charge is -2.21. The van der Waals surface area contributed by atoms with E-state index < -0.39 is 6.37 Å². The minimum absolute atomic E-state index is 0.173. The van der Waals surface area contributed by atoms with E-state index >= 15 is 0 Å². The van der Waals surface area contributed by atoms with Gasteiger partial charge in [0.05, 0.1) is 0 Å². The van der Waals surface area contributed by atoms with Crippen molar-refractivity contribution in [3.63, 3.8) is 0 Å². The topological polar surface area (TPSA) is 3.88 Å². The molecule has 1 aromatic heterocycles. The molecule has 0 unspecified atom stereocenters. The number of rotatable bonds is 2. The molecule has 1 saturated carbocycles. The molecular weight excluding hydrogens is 326 g/mol. The normalized spacial score (nSPS) is 20.4. The van der Waals surface area contributed by atoms with Gasteiger partial charge in [0.2, 0.25) is 5.69 Å². The highest BCUT2D eigenvalue weighted by Crippen LogP contribution is 2.49. The Morgan fingerprint density at radius 3 is 2.48 bits per heavy atom. The van der Waals surface area contributed by atoms with Gasteiger partial charge in [-0.2, -0.15) is 0 Å². The van der Waals surface area contributed by atoms with E-state index in [2.05, 4.69) is 73.3 Å². The van der Waals surface area contributed by atoms with Crippen molar-refractivity contribution in [3.8, 4) is 22.4 Å². The van der Waals surface area contributed by atoms with Gasteiger partial charge < -0.3 is 0 Å². The number of nitrogens with zero attached hydrogens (tertiary/aromatic N) is 1. The molecule has 2 aliphatic rings. The lowest BCUT2D eigenvalue weighted by Crippen LogP contribution is -2.30. The van der Waals surface area contributed by atoms with E-state index in [0.717, 1.165) is 37.7 Å². The molecular formula is C26H28N+. The van der Waals surface area contributed by atoms with Crippen LogP contribution in [0.5, 0.6) is 0 Å². The zero-order valence-corrected chi connectivity index (χ0v) is 16.3. The standard InChI is InChI=1S/C26H28N/c1-19-7-3-4-8-24(19)25-12-11-22(18-27(25)2)20-9-10-21-16-26(13-5-6-14-26)17-23(21)15-20/h3-4,7-12,15,18H,5-6,13-14,16-17H2,1-2H3/q+1/i16D2. The average Bonchev–Trinajstić information content (AvgIpc) is 3.26. The summed E-state index contributed by atoms with van der Waals surface area (Å²) in [6.45, 7) is 2.15. The van der Waals surface area contributed by atoms with Crippen LogP contribution in [0.4, 0.5) is 0 Å². The summed E-state index contributed by atoms with van der Waals surface area (Å²) < 4.78 is 19.9. The summed E-state index contributed by atoms with van der Waals surface area (Å²) in [5, 5.41) is 0. The summed E-state index contributed by atoms with van der Waals surface area (Å²) in [7, 11) is 2.10. The molecule has 2 aliphatic carbocycles. The molecule has 0 radical (unpaired) electrons. The van der Waals surface area contributed by atoms with E-state index in [-0.39, 0.29) is 5.41 Å². The summed E-state index contributed by atoms with van der Waals surface area (Å²) in [4.78, 5) is 0. The lowest BCUT2D eigenvalue weighted by molar-refractivity contribution is -0.659. The first-order chi connectivity index (χ1) is 13.9. The highest BCUT2D eigenvalue weighted by Gasteiger charge is 2.39. The largest absolute Gasteiger partial charge is 0.212 e. The zero-order valence-electron chi connectivity index (χ0n) is 18.3. The molecule has 0 N–H and O–H groups in total. The third kappa shape index (κ3) is 2.90. The van der Waals surface area contributed by atoms with Crippen LogP contribution in [0.2, 0.25) is 0 Å². The first-order valence-electron chi connectivity index (χ1n) is 11.1. The summed E-state index contributed by atoms with van der Waals surface area (Å²) in [6.07, 6.45) is 6.24. The molecule has 2 aromatic carbocycles. The Hall–Kier alpha value is -2.41. The van der Waals surface area contributed by atoms with Crippen molar-refractivity contribution in [3.05, 3.63) is 77.5 Å². The second-order valence-electron chi connectivity index (χ2n) is 8.39. The van der Waals surface area contributed by atoms with Gasteiger partial charge in [-0.1, -0.05) is 49.2 Å². The van der Waals surface area contributed by atoms with Crippen molar-refractivity contribution in [2.24, 2.45) is 12.5 Å². The predicted octanol–water partition coefficient (Wildman–Crippen LogP) is 5.81. The monoisotopic (exact) mass is 356 g/mol. The Balaban J connectivity index is 1.52. The number of hydrogen-bond acceptors (Lipinski definition) is 0. The van der Waals surface area contributed by atoms with Crippen LogP contribution in [0.15, 0.2) is 60.8 Å². The van der Waals surface area contributed by atoms with E-state index in [1.165, 1.54) is 33.5 Å². The van der Waals surface area contributed by atoms with E-state index in [4.69, 9.17) is 2.74 Å². The summed E-state index contributed by atoms with van der Waals surface area (Å²) in [6, 6.07) is 19.3. The molecule has 0 aliphatic heterocycles. The molecule has 136 valence electrons. The Labute approximate surface area is 165 Å². The van der Waals surface area contributed by atoms with Gasteiger partial charge in [0.1, 0.15) is 7.05 Å². The molecule has 27 heavy (non-hydrogen) atoms. The van der Waals surface area contributed by atoms with Crippen LogP contribution in [0, 0.1) is 12.3 Å². The number of hydrogen-bond donors (Lipinski definition) is 0. The van der Waals surface area contributed by atoms with Crippen LogP contribution >= 0.6 is 0 Å². The summed E-state index contributed by atoms with van der Waals surface area (Å²) in [5.41, 5.74) is 8.05. The van der Waals surface area contributed by atoms with Gasteiger partial charge in [-0.25, -0.2) is 4.57 Å². The average molecular weight is 357 g/mol. The number of aryl methyl sites for hydroxylation is 2. The third-order valence-corrected chi connectivity index (χ3v) is 6.48. The van der Waals surface area contributed by atoms with Gasteiger partial charge >= 0.3 is 0 Å². The fraction of sp³-hybridized carbons (Fsp3) is 0.346. The maximum atomic E-state index is 8.83. The highest BCUT2D eigenvalue weighted by atomic mass is 14.9. The maximum Gasteiger partial charge on any atom is 0.212 e. The SMILES string of the molecule is [2H]C1([2H])c2ccc(-c3ccc(-c4ccccc4C)[n+](C)c3)cc2CC12CCCC2. The molecule has 3 aromatic rings. The van der Waals surface area contributed by atoms with Crippen molar-refractivity contribution < 1.29 is 7.31 Å². The molecule has 1 fully saturated rings. The maximum absolute atomic E-state index is 8.83. The number of benzene rings is 2. The molecule has 1 heteroatoms. The van der Waals surface area contributed by atoms with Crippen molar-refractivity contribution in [2.45, 2.75) is 45.4 Å². The third-order valence-electron chi connectivity index (χ3n) is 6.48. The molecule has 0 bridgehead atoms. The van der Waals surface area contributed by atoms with Crippen LogP contribution in [0.1, 0.15) is 45.1 Å². The molecule has 1 heterocycles. The Morgan fingerprint density at radius 1 is 0.926 bits per heavy atom. The number of pyridine rings is 1. The smallest absolute Gasteiger partial charge is 0.200 e. The minimum atomic E-state index is -1.20. The quantitative estimate of drug-likeness (QED) is 0.510. The van der Waals surface area contributed by atoms with Crippen molar-refractivity contribution in [1.29, 1.82) is 0 Å². The Kier molecular flexibility index (Phi) is 3.43. The predicted molar refractivity (Wildman–Crippen MR) is 112 cm³/mol. The fourth-order valence-corrected chi connectivity index (χ4v) is 5.01. The molecule has 1 nitrogen and oxygen atoms in total. The first kappa shape index (κ1) is 14.6. The highest BCUT2D eigenvalue weighted by molar-refractivity contribution is 5.67. The minimum Gasteiger partial charge on any atom is -0.200 e. The number of fused-ring (bicyclic) bond motifs is 1. The molecule has 0 amide bonds. The van der Waals surface area contributed by atoms with Crippen LogP contribution in [-0.4, -0.2) is 0 Å². The first-order valence-corrected chi connectivity index (χ1v) is 10.1. The van der Waals surface area contributed by atoms with Gasteiger partial charge in [0.25, 0.3) is 0 Å². The van der Waals surface area contributed by atoms with E-state index in [9.17, 15) is 0 Å². The van der Waals surface area contributed by atoms with Gasteiger partial charge in [-0.3, -0.25) is 0 Å². The lowest BCUT2D eigenvalue weighted by atomic mass is 9.83. The van der Waals surface area contributed by atoms with Crippen molar-refractivity contribution in [2.75, 3.05) is 0 Å². The fourth-order valence-electron chi connectivity index (χ4n) is 5.01. The van der Waals surface area contributed by atoms with E-state index in [0.29, 0.717) is 0 Å². The van der Waals surface area contributed by atoms with Gasteiger partial charge in [-0.05, 0) is 72.4 Å². The van der Waals surface area contributed by atoms with Gasteiger partial charge in [0, 0.05) is 19.9 Å². The van der Waals surface area contributed by atoms with E-state index in [1.54, 1.807) is 0 Å². The van der Waals surface area contributed by atoms with Gasteiger partial charge in [-0.15, -0.1) is 0 Å². The van der Waals surface area contributed by atoms with Crippen LogP contribution in [0.25, 0.3) is 22.4 Å². The molecule has 0 atom stereocenters. The van der Waals surface area contributed by atoms with Crippen LogP contribution in [0.3, 0.4) is 0 Å². The van der Waals surface area contributed by atoms with Gasteiger partial charge in [0.15, 0.2) is 6.20 Å². The summed E-state index contributed by atoms with van der Waals surface area (Å²) >= 11 is 0. The molecule has 5 rings (SSSR count). The Bertz CT molecular complexity index is 1090. The summed E-state index contributed by atoms with van der Waals surface area (Å²) in [5.74, 6) is 0. The molecule has 0 saturated heterocycles. The van der Waals surface area contributed by atoms with Crippen molar-refractivity contribution >= 4 is 0 Å². The van der Waals surface area contributed by atoms with E-state index in [1.807, 2.05) is 6.07 Å². The molecule has 1 spiro atoms. The van der Waals surface area contributed by atoms with Crippen LogP contribution < -0.4 is 4.57 Å². The second kappa shape index (κ2) is 6.34.